The van der Waals surface area contributed by atoms with Crippen molar-refractivity contribution in [3.05, 3.63) is 0 Å². The van der Waals surface area contributed by atoms with Gasteiger partial charge in [-0.05, 0) is 31.6 Å². The zero-order valence-corrected chi connectivity index (χ0v) is 11.2. The van der Waals surface area contributed by atoms with Crippen LogP contribution in [0.15, 0.2) is 0 Å². The highest BCUT2D eigenvalue weighted by molar-refractivity contribution is 5.69. The number of hydrogen-bond donors (Lipinski definition) is 1. The number of carbonyl (C=O) groups is 2. The van der Waals surface area contributed by atoms with Gasteiger partial charge >= 0.3 is 12.1 Å². The fraction of sp³-hybridized carbons (Fsp3) is 0.846. The Labute approximate surface area is 108 Å². The van der Waals surface area contributed by atoms with Crippen LogP contribution in [0.25, 0.3) is 0 Å². The van der Waals surface area contributed by atoms with Crippen LogP contribution in [0.1, 0.15) is 46.0 Å². The van der Waals surface area contributed by atoms with Crippen LogP contribution in [0.3, 0.4) is 0 Å². The van der Waals surface area contributed by atoms with E-state index in [2.05, 4.69) is 0 Å². The Morgan fingerprint density at radius 3 is 2.72 bits per heavy atom. The number of carboxylic acid groups (broad SMARTS) is 1. The maximum Gasteiger partial charge on any atom is 0.410 e. The molecule has 104 valence electrons. The van der Waals surface area contributed by atoms with E-state index in [0.717, 1.165) is 19.3 Å². The molecule has 1 aliphatic heterocycles. The molecule has 1 N–H and O–H groups in total. The van der Waals surface area contributed by atoms with Crippen LogP contribution in [0.5, 0.6) is 0 Å². The molecular formula is C13H23NO4. The lowest BCUT2D eigenvalue weighted by Gasteiger charge is -2.34. The zero-order chi connectivity index (χ0) is 13.5. The first kappa shape index (κ1) is 14.8. The summed E-state index contributed by atoms with van der Waals surface area (Å²) in [5.74, 6) is -0.493. The van der Waals surface area contributed by atoms with Gasteiger partial charge in [-0.3, -0.25) is 4.79 Å². The van der Waals surface area contributed by atoms with Gasteiger partial charge in [0.1, 0.15) is 0 Å². The average Bonchev–Trinajstić information content (AvgIpc) is 2.33. The maximum atomic E-state index is 11.9. The van der Waals surface area contributed by atoms with Crippen molar-refractivity contribution in [3.8, 4) is 0 Å². The maximum absolute atomic E-state index is 11.9. The number of likely N-dealkylation sites (tertiary alicyclic amines) is 1. The molecule has 1 rings (SSSR count). The van der Waals surface area contributed by atoms with Gasteiger partial charge < -0.3 is 14.7 Å². The highest BCUT2D eigenvalue weighted by Gasteiger charge is 2.28. The van der Waals surface area contributed by atoms with E-state index in [0.29, 0.717) is 25.5 Å². The van der Waals surface area contributed by atoms with Gasteiger partial charge in [-0.25, -0.2) is 4.79 Å². The van der Waals surface area contributed by atoms with Crippen molar-refractivity contribution in [1.82, 2.24) is 4.90 Å². The minimum atomic E-state index is -0.809. The Balaban J connectivity index is 2.47. The lowest BCUT2D eigenvalue weighted by molar-refractivity contribution is -0.137. The smallest absolute Gasteiger partial charge is 0.410 e. The molecule has 5 nitrogen and oxygen atoms in total. The second-order valence-electron chi connectivity index (χ2n) is 5.25. The van der Waals surface area contributed by atoms with Gasteiger partial charge in [0.2, 0.25) is 0 Å². The SMILES string of the molecule is CC(C)COC(=O)N1CCCCC1CCC(=O)O. The lowest BCUT2D eigenvalue weighted by Crippen LogP contribution is -2.44. The molecule has 0 bridgehead atoms. The summed E-state index contributed by atoms with van der Waals surface area (Å²) in [6.45, 7) is 5.08. The lowest BCUT2D eigenvalue weighted by atomic mass is 9.98. The third kappa shape index (κ3) is 4.94. The molecule has 0 spiro atoms. The van der Waals surface area contributed by atoms with Crippen molar-refractivity contribution < 1.29 is 19.4 Å². The molecule has 1 unspecified atom stereocenters. The van der Waals surface area contributed by atoms with Gasteiger partial charge in [0.15, 0.2) is 0 Å². The van der Waals surface area contributed by atoms with E-state index in [1.54, 1.807) is 4.90 Å². The summed E-state index contributed by atoms with van der Waals surface area (Å²) in [6, 6.07) is 0.0227. The van der Waals surface area contributed by atoms with Gasteiger partial charge in [0, 0.05) is 19.0 Å². The van der Waals surface area contributed by atoms with Crippen LogP contribution >= 0.6 is 0 Å². The highest BCUT2D eigenvalue weighted by atomic mass is 16.6. The summed E-state index contributed by atoms with van der Waals surface area (Å²) in [6.07, 6.45) is 3.24. The Morgan fingerprint density at radius 2 is 2.11 bits per heavy atom. The summed E-state index contributed by atoms with van der Waals surface area (Å²) in [5.41, 5.74) is 0. The molecule has 0 radical (unpaired) electrons. The molecule has 1 fully saturated rings. The number of aliphatic carboxylic acids is 1. The predicted molar refractivity (Wildman–Crippen MR) is 67.4 cm³/mol. The van der Waals surface area contributed by atoms with E-state index in [1.165, 1.54) is 0 Å². The summed E-state index contributed by atoms with van der Waals surface area (Å²) in [7, 11) is 0. The fourth-order valence-corrected chi connectivity index (χ4v) is 2.15. The average molecular weight is 257 g/mol. The molecule has 5 heteroatoms. The number of nitrogens with zero attached hydrogens (tertiary/aromatic N) is 1. The molecule has 18 heavy (non-hydrogen) atoms. The van der Waals surface area contributed by atoms with Crippen LogP contribution in [0.4, 0.5) is 4.79 Å². The molecule has 1 atom stereocenters. The molecule has 1 heterocycles. The molecule has 0 aromatic heterocycles. The van der Waals surface area contributed by atoms with Crippen LogP contribution < -0.4 is 0 Å². The van der Waals surface area contributed by atoms with Crippen molar-refractivity contribution in [2.75, 3.05) is 13.2 Å². The van der Waals surface area contributed by atoms with Gasteiger partial charge in [-0.15, -0.1) is 0 Å². The van der Waals surface area contributed by atoms with E-state index < -0.39 is 5.97 Å². The molecule has 0 saturated carbocycles. The molecule has 1 amide bonds. The van der Waals surface area contributed by atoms with Crippen molar-refractivity contribution >= 4 is 12.1 Å². The highest BCUT2D eigenvalue weighted by Crippen LogP contribution is 2.21. The van der Waals surface area contributed by atoms with Crippen molar-refractivity contribution in [3.63, 3.8) is 0 Å². The van der Waals surface area contributed by atoms with E-state index in [1.807, 2.05) is 13.8 Å². The summed E-state index contributed by atoms with van der Waals surface area (Å²) < 4.78 is 5.22. The van der Waals surface area contributed by atoms with E-state index >= 15 is 0 Å². The molecule has 0 aliphatic carbocycles. The van der Waals surface area contributed by atoms with E-state index in [-0.39, 0.29) is 18.6 Å². The number of amides is 1. The quantitative estimate of drug-likeness (QED) is 0.821. The number of hydrogen-bond acceptors (Lipinski definition) is 3. The molecule has 1 saturated heterocycles. The Kier molecular flexibility index (Phi) is 5.95. The minimum absolute atomic E-state index is 0.0227. The molecular weight excluding hydrogens is 234 g/mol. The number of rotatable bonds is 5. The van der Waals surface area contributed by atoms with Crippen molar-refractivity contribution in [2.45, 2.75) is 52.0 Å². The Morgan fingerprint density at radius 1 is 1.39 bits per heavy atom. The van der Waals surface area contributed by atoms with Gasteiger partial charge in [-0.1, -0.05) is 13.8 Å². The zero-order valence-electron chi connectivity index (χ0n) is 11.2. The number of ether oxygens (including phenoxy) is 1. The van der Waals surface area contributed by atoms with Crippen LogP contribution in [0, 0.1) is 5.92 Å². The number of carbonyl (C=O) groups excluding carboxylic acids is 1. The Hall–Kier alpha value is -1.26. The standard InChI is InChI=1S/C13H23NO4/c1-10(2)9-18-13(17)14-8-4-3-5-11(14)6-7-12(15)16/h10-11H,3-9H2,1-2H3,(H,15,16). The minimum Gasteiger partial charge on any atom is -0.481 e. The third-order valence-electron chi connectivity index (χ3n) is 3.09. The van der Waals surface area contributed by atoms with Crippen LogP contribution in [-0.4, -0.2) is 41.3 Å². The predicted octanol–water partition coefficient (Wildman–Crippen LogP) is 2.50. The first-order valence-electron chi connectivity index (χ1n) is 6.66. The third-order valence-corrected chi connectivity index (χ3v) is 3.09. The molecule has 0 aromatic rings. The number of carboxylic acids is 1. The largest absolute Gasteiger partial charge is 0.481 e. The first-order valence-corrected chi connectivity index (χ1v) is 6.66. The van der Waals surface area contributed by atoms with Gasteiger partial charge in [-0.2, -0.15) is 0 Å². The number of piperidine rings is 1. The first-order chi connectivity index (χ1) is 8.50. The van der Waals surface area contributed by atoms with Crippen LogP contribution in [-0.2, 0) is 9.53 Å². The normalized spacial score (nSPS) is 19.9. The van der Waals surface area contributed by atoms with Gasteiger partial charge in [0.05, 0.1) is 6.61 Å². The summed E-state index contributed by atoms with van der Waals surface area (Å²) >= 11 is 0. The van der Waals surface area contributed by atoms with Gasteiger partial charge in [0.25, 0.3) is 0 Å². The van der Waals surface area contributed by atoms with E-state index in [9.17, 15) is 9.59 Å². The molecule has 0 aromatic carbocycles. The van der Waals surface area contributed by atoms with Crippen molar-refractivity contribution in [1.29, 1.82) is 0 Å². The summed E-state index contributed by atoms with van der Waals surface area (Å²) in [4.78, 5) is 24.2. The van der Waals surface area contributed by atoms with E-state index in [4.69, 9.17) is 9.84 Å². The summed E-state index contributed by atoms with van der Waals surface area (Å²) in [5, 5.41) is 8.71. The van der Waals surface area contributed by atoms with Crippen LogP contribution in [0.2, 0.25) is 0 Å². The second kappa shape index (κ2) is 7.24. The second-order valence-corrected chi connectivity index (χ2v) is 5.25. The Bertz CT molecular complexity index is 291. The monoisotopic (exact) mass is 257 g/mol. The topological polar surface area (TPSA) is 66.8 Å². The molecule has 1 aliphatic rings. The fourth-order valence-electron chi connectivity index (χ4n) is 2.15. The van der Waals surface area contributed by atoms with Crippen molar-refractivity contribution in [2.24, 2.45) is 5.92 Å².